The van der Waals surface area contributed by atoms with Gasteiger partial charge >= 0.3 is 0 Å². The van der Waals surface area contributed by atoms with Gasteiger partial charge in [0.25, 0.3) is 5.91 Å². The van der Waals surface area contributed by atoms with Gasteiger partial charge in [-0.3, -0.25) is 4.79 Å². The van der Waals surface area contributed by atoms with Crippen molar-refractivity contribution in [3.63, 3.8) is 0 Å². The average Bonchev–Trinajstić information content (AvgIpc) is 2.28. The number of nitrogens with one attached hydrogen (secondary N) is 1. The molecule has 0 saturated carbocycles. The van der Waals surface area contributed by atoms with Crippen LogP contribution in [-0.2, 0) is 0 Å². The Morgan fingerprint density at radius 1 is 1.29 bits per heavy atom. The van der Waals surface area contributed by atoms with Crippen LogP contribution in [0.1, 0.15) is 37.6 Å². The molecule has 3 heteroatoms. The lowest BCUT2D eigenvalue weighted by atomic mass is 9.84. The van der Waals surface area contributed by atoms with E-state index >= 15 is 0 Å². The van der Waals surface area contributed by atoms with E-state index in [1.807, 2.05) is 30.3 Å². The summed E-state index contributed by atoms with van der Waals surface area (Å²) in [6.07, 6.45) is 0.794. The van der Waals surface area contributed by atoms with Gasteiger partial charge in [0.1, 0.15) is 0 Å². The van der Waals surface area contributed by atoms with Crippen LogP contribution in [0.15, 0.2) is 30.3 Å². The Labute approximate surface area is 103 Å². The van der Waals surface area contributed by atoms with E-state index in [0.717, 1.165) is 6.42 Å². The maximum absolute atomic E-state index is 12.0. The first-order chi connectivity index (χ1) is 7.95. The van der Waals surface area contributed by atoms with Gasteiger partial charge < -0.3 is 11.1 Å². The number of nitrogens with two attached hydrogens (primary N) is 1. The van der Waals surface area contributed by atoms with Crippen molar-refractivity contribution in [1.29, 1.82) is 0 Å². The Bertz CT molecular complexity index is 354. The topological polar surface area (TPSA) is 55.1 Å². The molecule has 1 unspecified atom stereocenters. The van der Waals surface area contributed by atoms with Crippen molar-refractivity contribution in [3.05, 3.63) is 35.9 Å². The summed E-state index contributed by atoms with van der Waals surface area (Å²) in [6, 6.07) is 9.36. The first-order valence-electron chi connectivity index (χ1n) is 6.01. The van der Waals surface area contributed by atoms with Gasteiger partial charge in [-0.25, -0.2) is 0 Å². The first kappa shape index (κ1) is 13.7. The molecule has 0 fully saturated rings. The molecule has 1 rings (SSSR count). The lowest BCUT2D eigenvalue weighted by Gasteiger charge is -2.31. The molecular formula is C14H22N2O. The number of rotatable bonds is 4. The SMILES string of the molecule is CC(C)(C)C(CCN)NC(=O)c1ccccc1. The second-order valence-electron chi connectivity index (χ2n) is 5.34. The monoisotopic (exact) mass is 234 g/mol. The summed E-state index contributed by atoms with van der Waals surface area (Å²) < 4.78 is 0. The molecule has 3 N–H and O–H groups in total. The van der Waals surface area contributed by atoms with E-state index in [-0.39, 0.29) is 17.4 Å². The Hall–Kier alpha value is -1.35. The molecule has 0 heterocycles. The molecule has 0 aliphatic heterocycles. The number of carbonyl (C=O) groups excluding carboxylic acids is 1. The van der Waals surface area contributed by atoms with E-state index in [0.29, 0.717) is 12.1 Å². The quantitative estimate of drug-likeness (QED) is 0.839. The van der Waals surface area contributed by atoms with Crippen LogP contribution in [0.5, 0.6) is 0 Å². The third-order valence-corrected chi connectivity index (χ3v) is 2.84. The minimum Gasteiger partial charge on any atom is -0.349 e. The molecule has 17 heavy (non-hydrogen) atoms. The highest BCUT2D eigenvalue weighted by molar-refractivity contribution is 5.94. The predicted octanol–water partition coefficient (Wildman–Crippen LogP) is 2.18. The zero-order valence-electron chi connectivity index (χ0n) is 10.9. The fourth-order valence-electron chi connectivity index (χ4n) is 1.72. The van der Waals surface area contributed by atoms with E-state index in [4.69, 9.17) is 5.73 Å². The fourth-order valence-corrected chi connectivity index (χ4v) is 1.72. The molecule has 0 saturated heterocycles. The van der Waals surface area contributed by atoms with Crippen molar-refractivity contribution in [2.24, 2.45) is 11.1 Å². The molecule has 1 aromatic rings. The Morgan fingerprint density at radius 3 is 2.35 bits per heavy atom. The summed E-state index contributed by atoms with van der Waals surface area (Å²) >= 11 is 0. The van der Waals surface area contributed by atoms with E-state index in [1.54, 1.807) is 0 Å². The maximum atomic E-state index is 12.0. The van der Waals surface area contributed by atoms with Gasteiger partial charge in [0.05, 0.1) is 0 Å². The number of benzene rings is 1. The van der Waals surface area contributed by atoms with Crippen molar-refractivity contribution in [2.75, 3.05) is 6.54 Å². The summed E-state index contributed by atoms with van der Waals surface area (Å²) in [4.78, 5) is 12.0. The van der Waals surface area contributed by atoms with Gasteiger partial charge in [0.15, 0.2) is 0 Å². The molecule has 0 aliphatic rings. The summed E-state index contributed by atoms with van der Waals surface area (Å²) in [5, 5.41) is 3.06. The minimum absolute atomic E-state index is 0.0177. The van der Waals surface area contributed by atoms with E-state index in [2.05, 4.69) is 26.1 Å². The van der Waals surface area contributed by atoms with Crippen LogP contribution in [0.4, 0.5) is 0 Å². The second kappa shape index (κ2) is 5.82. The molecule has 0 spiro atoms. The highest BCUT2D eigenvalue weighted by atomic mass is 16.1. The van der Waals surface area contributed by atoms with Gasteiger partial charge in [-0.15, -0.1) is 0 Å². The highest BCUT2D eigenvalue weighted by Crippen LogP contribution is 2.21. The second-order valence-corrected chi connectivity index (χ2v) is 5.34. The van der Waals surface area contributed by atoms with Crippen molar-refractivity contribution in [3.8, 4) is 0 Å². The zero-order chi connectivity index (χ0) is 12.9. The number of hydrogen-bond acceptors (Lipinski definition) is 2. The maximum Gasteiger partial charge on any atom is 0.251 e. The van der Waals surface area contributed by atoms with Crippen molar-refractivity contribution in [2.45, 2.75) is 33.2 Å². The lowest BCUT2D eigenvalue weighted by molar-refractivity contribution is 0.0899. The zero-order valence-corrected chi connectivity index (χ0v) is 10.9. The number of hydrogen-bond donors (Lipinski definition) is 2. The van der Waals surface area contributed by atoms with Crippen LogP contribution in [0.3, 0.4) is 0 Å². The highest BCUT2D eigenvalue weighted by Gasteiger charge is 2.25. The van der Waals surface area contributed by atoms with Crippen LogP contribution < -0.4 is 11.1 Å². The van der Waals surface area contributed by atoms with Crippen LogP contribution in [0.2, 0.25) is 0 Å². The average molecular weight is 234 g/mol. The van der Waals surface area contributed by atoms with E-state index in [9.17, 15) is 4.79 Å². The fraction of sp³-hybridized carbons (Fsp3) is 0.500. The molecule has 0 bridgehead atoms. The van der Waals surface area contributed by atoms with Gasteiger partial charge in [-0.05, 0) is 30.5 Å². The predicted molar refractivity (Wildman–Crippen MR) is 70.8 cm³/mol. The van der Waals surface area contributed by atoms with Gasteiger partial charge in [-0.1, -0.05) is 39.0 Å². The van der Waals surface area contributed by atoms with Gasteiger partial charge in [-0.2, -0.15) is 0 Å². The summed E-state index contributed by atoms with van der Waals surface area (Å²) in [6.45, 7) is 6.91. The number of carbonyl (C=O) groups is 1. The smallest absolute Gasteiger partial charge is 0.251 e. The molecule has 1 aromatic carbocycles. The molecule has 1 amide bonds. The largest absolute Gasteiger partial charge is 0.349 e. The van der Waals surface area contributed by atoms with Crippen molar-refractivity contribution >= 4 is 5.91 Å². The van der Waals surface area contributed by atoms with E-state index < -0.39 is 0 Å². The lowest BCUT2D eigenvalue weighted by Crippen LogP contribution is -2.44. The van der Waals surface area contributed by atoms with Crippen molar-refractivity contribution in [1.82, 2.24) is 5.32 Å². The van der Waals surface area contributed by atoms with Crippen LogP contribution in [0, 0.1) is 5.41 Å². The Kier molecular flexibility index (Phi) is 4.70. The molecule has 0 aliphatic carbocycles. The summed E-state index contributed by atoms with van der Waals surface area (Å²) in [5.74, 6) is -0.0287. The standard InChI is InChI=1S/C14H22N2O/c1-14(2,3)12(9-10-15)16-13(17)11-7-5-4-6-8-11/h4-8,12H,9-10,15H2,1-3H3,(H,16,17). The van der Waals surface area contributed by atoms with Crippen LogP contribution in [0.25, 0.3) is 0 Å². The van der Waals surface area contributed by atoms with Gasteiger partial charge in [0, 0.05) is 11.6 Å². The molecule has 94 valence electrons. The Morgan fingerprint density at radius 2 is 1.88 bits per heavy atom. The van der Waals surface area contributed by atoms with Crippen LogP contribution >= 0.6 is 0 Å². The third-order valence-electron chi connectivity index (χ3n) is 2.84. The van der Waals surface area contributed by atoms with Gasteiger partial charge in [0.2, 0.25) is 0 Å². The molecule has 0 aromatic heterocycles. The van der Waals surface area contributed by atoms with Crippen LogP contribution in [-0.4, -0.2) is 18.5 Å². The molecule has 3 nitrogen and oxygen atoms in total. The minimum atomic E-state index is -0.0287. The molecular weight excluding hydrogens is 212 g/mol. The van der Waals surface area contributed by atoms with Crippen molar-refractivity contribution < 1.29 is 4.79 Å². The normalized spacial score (nSPS) is 13.2. The molecule has 0 radical (unpaired) electrons. The number of amides is 1. The van der Waals surface area contributed by atoms with E-state index in [1.165, 1.54) is 0 Å². The Balaban J connectivity index is 2.71. The first-order valence-corrected chi connectivity index (χ1v) is 6.01. The third kappa shape index (κ3) is 4.19. The molecule has 1 atom stereocenters. The summed E-state index contributed by atoms with van der Waals surface area (Å²) in [7, 11) is 0. The summed E-state index contributed by atoms with van der Waals surface area (Å²) in [5.41, 5.74) is 6.30.